The van der Waals surface area contributed by atoms with Gasteiger partial charge >= 0.3 is 11.9 Å². The molecule has 1 aliphatic heterocycles. The average molecular weight is 382 g/mol. The number of nitrogens with one attached hydrogen (secondary N) is 2. The van der Waals surface area contributed by atoms with Crippen molar-refractivity contribution in [2.24, 2.45) is 0 Å². The number of benzene rings is 2. The fourth-order valence-electron chi connectivity index (χ4n) is 2.79. The molecule has 0 saturated heterocycles. The van der Waals surface area contributed by atoms with Crippen molar-refractivity contribution in [3.63, 3.8) is 0 Å². The fourth-order valence-corrected chi connectivity index (χ4v) is 3.06. The van der Waals surface area contributed by atoms with Gasteiger partial charge in [0.15, 0.2) is 5.11 Å². The molecular weight excluding hydrogens is 364 g/mol. The maximum atomic E-state index is 12.2. The number of allylic oxidation sites excluding steroid dienone is 1. The molecule has 2 N–H and O–H groups in total. The zero-order chi connectivity index (χ0) is 19.4. The summed E-state index contributed by atoms with van der Waals surface area (Å²) in [6.07, 6.45) is 0. The third-order valence-corrected chi connectivity index (χ3v) is 4.33. The minimum absolute atomic E-state index is 0.407. The van der Waals surface area contributed by atoms with Gasteiger partial charge in [-0.05, 0) is 49.0 Å². The van der Waals surface area contributed by atoms with Gasteiger partial charge in [0, 0.05) is 5.70 Å². The summed E-state index contributed by atoms with van der Waals surface area (Å²) in [6, 6.07) is 15.2. The third-order valence-electron chi connectivity index (χ3n) is 4.11. The Morgan fingerprint density at radius 2 is 1.67 bits per heavy atom. The van der Waals surface area contributed by atoms with Crippen LogP contribution in [0.3, 0.4) is 0 Å². The molecule has 1 aliphatic rings. The van der Waals surface area contributed by atoms with Crippen LogP contribution in [0.15, 0.2) is 65.9 Å². The Bertz CT molecular complexity index is 907. The molecule has 0 spiro atoms. The number of hydrogen-bond acceptors (Lipinski definition) is 5. The van der Waals surface area contributed by atoms with Crippen molar-refractivity contribution in [1.82, 2.24) is 10.6 Å². The van der Waals surface area contributed by atoms with E-state index in [0.717, 1.165) is 5.56 Å². The molecule has 1 atom stereocenters. The third kappa shape index (κ3) is 4.15. The SMILES string of the molecule is COC(=O)C1=C(C)NC(=S)N[C@@H]1c1ccc(OC(=O)c2ccccc2)cc1. The van der Waals surface area contributed by atoms with Crippen LogP contribution in [-0.4, -0.2) is 24.2 Å². The molecule has 2 aromatic carbocycles. The summed E-state index contributed by atoms with van der Waals surface area (Å²) in [7, 11) is 1.33. The van der Waals surface area contributed by atoms with Gasteiger partial charge < -0.3 is 20.1 Å². The fraction of sp³-hybridized carbons (Fsp3) is 0.150. The molecule has 27 heavy (non-hydrogen) atoms. The van der Waals surface area contributed by atoms with Gasteiger partial charge in [-0.1, -0.05) is 30.3 Å². The Morgan fingerprint density at radius 1 is 1.00 bits per heavy atom. The summed E-state index contributed by atoms with van der Waals surface area (Å²) >= 11 is 5.19. The normalized spacial score (nSPS) is 16.2. The summed E-state index contributed by atoms with van der Waals surface area (Å²) in [5, 5.41) is 6.42. The van der Waals surface area contributed by atoms with Crippen molar-refractivity contribution < 1.29 is 19.1 Å². The van der Waals surface area contributed by atoms with Crippen LogP contribution in [-0.2, 0) is 9.53 Å². The monoisotopic (exact) mass is 382 g/mol. The van der Waals surface area contributed by atoms with Gasteiger partial charge in [-0.3, -0.25) is 0 Å². The molecule has 6 nitrogen and oxygen atoms in total. The van der Waals surface area contributed by atoms with E-state index in [1.165, 1.54) is 7.11 Å². The first-order valence-corrected chi connectivity index (χ1v) is 8.64. The molecule has 1 heterocycles. The molecule has 7 heteroatoms. The summed E-state index contributed by atoms with van der Waals surface area (Å²) in [4.78, 5) is 24.3. The molecule has 138 valence electrons. The second kappa shape index (κ2) is 8.01. The van der Waals surface area contributed by atoms with Crippen LogP contribution in [0.2, 0.25) is 0 Å². The smallest absolute Gasteiger partial charge is 0.343 e. The number of methoxy groups -OCH3 is 1. The van der Waals surface area contributed by atoms with Crippen LogP contribution in [0, 0.1) is 0 Å². The van der Waals surface area contributed by atoms with Gasteiger partial charge in [-0.25, -0.2) is 9.59 Å². The van der Waals surface area contributed by atoms with E-state index in [9.17, 15) is 9.59 Å². The van der Waals surface area contributed by atoms with E-state index in [1.54, 1.807) is 55.5 Å². The number of rotatable bonds is 4. The molecule has 0 bridgehead atoms. The molecule has 3 rings (SSSR count). The average Bonchev–Trinajstić information content (AvgIpc) is 2.68. The van der Waals surface area contributed by atoms with Crippen molar-refractivity contribution in [2.75, 3.05) is 7.11 Å². The van der Waals surface area contributed by atoms with Gasteiger partial charge in [0.2, 0.25) is 0 Å². The Labute approximate surface area is 162 Å². The Hall–Kier alpha value is -3.19. The molecule has 0 radical (unpaired) electrons. The van der Waals surface area contributed by atoms with Crippen LogP contribution in [0.5, 0.6) is 5.75 Å². The lowest BCUT2D eigenvalue weighted by atomic mass is 9.95. The minimum Gasteiger partial charge on any atom is -0.466 e. The number of carbonyl (C=O) groups excluding carboxylic acids is 2. The lowest BCUT2D eigenvalue weighted by molar-refractivity contribution is -0.136. The van der Waals surface area contributed by atoms with Crippen LogP contribution in [0.4, 0.5) is 0 Å². The highest BCUT2D eigenvalue weighted by Gasteiger charge is 2.30. The number of carbonyl (C=O) groups is 2. The maximum absolute atomic E-state index is 12.2. The van der Waals surface area contributed by atoms with E-state index in [2.05, 4.69) is 10.6 Å². The molecule has 2 aromatic rings. The highest BCUT2D eigenvalue weighted by atomic mass is 32.1. The van der Waals surface area contributed by atoms with E-state index < -0.39 is 18.0 Å². The summed E-state index contributed by atoms with van der Waals surface area (Å²) in [5.41, 5.74) is 2.34. The number of ether oxygens (including phenoxy) is 2. The van der Waals surface area contributed by atoms with Gasteiger partial charge in [-0.2, -0.15) is 0 Å². The lowest BCUT2D eigenvalue weighted by Crippen LogP contribution is -2.45. The van der Waals surface area contributed by atoms with Crippen molar-refractivity contribution in [2.45, 2.75) is 13.0 Å². The summed E-state index contributed by atoms with van der Waals surface area (Å²) in [6.45, 7) is 1.77. The molecule has 0 aromatic heterocycles. The first-order valence-electron chi connectivity index (χ1n) is 8.23. The van der Waals surface area contributed by atoms with E-state index in [1.807, 2.05) is 6.07 Å². The molecule has 0 fully saturated rings. The van der Waals surface area contributed by atoms with Crippen molar-refractivity contribution in [3.05, 3.63) is 77.0 Å². The van der Waals surface area contributed by atoms with Gasteiger partial charge in [0.1, 0.15) is 5.75 Å². The van der Waals surface area contributed by atoms with Crippen molar-refractivity contribution in [3.8, 4) is 5.75 Å². The van der Waals surface area contributed by atoms with Crippen LogP contribution >= 0.6 is 12.2 Å². The lowest BCUT2D eigenvalue weighted by Gasteiger charge is -2.29. The van der Waals surface area contributed by atoms with E-state index in [0.29, 0.717) is 27.7 Å². The Balaban J connectivity index is 1.82. The predicted molar refractivity (Wildman–Crippen MR) is 104 cm³/mol. The van der Waals surface area contributed by atoms with E-state index >= 15 is 0 Å². The van der Waals surface area contributed by atoms with E-state index in [4.69, 9.17) is 21.7 Å². The molecule has 0 aliphatic carbocycles. The first kappa shape index (κ1) is 18.6. The standard InChI is InChI=1S/C20H18N2O4S/c1-12-16(19(24)25-2)17(22-20(27)21-12)13-8-10-15(11-9-13)26-18(23)14-6-4-3-5-7-14/h3-11,17H,1-2H3,(H2,21,22,27)/t17-/m1/s1. The molecule has 0 saturated carbocycles. The van der Waals surface area contributed by atoms with Gasteiger partial charge in [-0.15, -0.1) is 0 Å². The number of hydrogen-bond donors (Lipinski definition) is 2. The maximum Gasteiger partial charge on any atom is 0.343 e. The zero-order valence-electron chi connectivity index (χ0n) is 14.8. The zero-order valence-corrected chi connectivity index (χ0v) is 15.6. The van der Waals surface area contributed by atoms with Gasteiger partial charge in [0.05, 0.1) is 24.3 Å². The minimum atomic E-state index is -0.454. The van der Waals surface area contributed by atoms with E-state index in [-0.39, 0.29) is 0 Å². The van der Waals surface area contributed by atoms with Gasteiger partial charge in [0.25, 0.3) is 0 Å². The Kier molecular flexibility index (Phi) is 5.52. The van der Waals surface area contributed by atoms with Crippen molar-refractivity contribution in [1.29, 1.82) is 0 Å². The molecule has 0 unspecified atom stereocenters. The van der Waals surface area contributed by atoms with Crippen LogP contribution < -0.4 is 15.4 Å². The first-order chi connectivity index (χ1) is 13.0. The second-order valence-corrected chi connectivity index (χ2v) is 6.29. The topological polar surface area (TPSA) is 76.7 Å². The predicted octanol–water partition coefficient (Wildman–Crippen LogP) is 2.87. The van der Waals surface area contributed by atoms with Crippen LogP contribution in [0.25, 0.3) is 0 Å². The highest BCUT2D eigenvalue weighted by Crippen LogP contribution is 2.28. The Morgan fingerprint density at radius 3 is 2.30 bits per heavy atom. The quantitative estimate of drug-likeness (QED) is 0.478. The largest absolute Gasteiger partial charge is 0.466 e. The highest BCUT2D eigenvalue weighted by molar-refractivity contribution is 7.80. The number of esters is 2. The summed E-state index contributed by atoms with van der Waals surface area (Å²) < 4.78 is 10.3. The van der Waals surface area contributed by atoms with Crippen molar-refractivity contribution >= 4 is 29.3 Å². The van der Waals surface area contributed by atoms with Crippen LogP contribution in [0.1, 0.15) is 28.9 Å². The number of thiocarbonyl (C=S) groups is 1. The second-order valence-electron chi connectivity index (χ2n) is 5.89. The molecule has 0 amide bonds. The summed E-state index contributed by atoms with van der Waals surface area (Å²) in [5.74, 6) is -0.473. The molecular formula is C20H18N2O4S.